The number of aromatic nitrogens is 1. The van der Waals surface area contributed by atoms with Gasteiger partial charge in [-0.25, -0.2) is 4.79 Å². The fraction of sp³-hybridized carbons (Fsp3) is 0.647. The van der Waals surface area contributed by atoms with E-state index in [0.29, 0.717) is 25.0 Å². The van der Waals surface area contributed by atoms with Gasteiger partial charge >= 0.3 is 6.09 Å². The van der Waals surface area contributed by atoms with Crippen LogP contribution in [0.1, 0.15) is 25.7 Å². The first-order valence-electron chi connectivity index (χ1n) is 8.47. The Morgan fingerprint density at radius 1 is 1.13 bits per heavy atom. The van der Waals surface area contributed by atoms with Crippen molar-refractivity contribution in [3.05, 3.63) is 24.5 Å². The molecule has 0 spiro atoms. The van der Waals surface area contributed by atoms with E-state index in [1.165, 1.54) is 30.6 Å². The van der Waals surface area contributed by atoms with E-state index in [4.69, 9.17) is 9.84 Å². The van der Waals surface area contributed by atoms with Crippen molar-refractivity contribution in [2.75, 3.05) is 32.8 Å². The van der Waals surface area contributed by atoms with E-state index in [1.807, 2.05) is 12.1 Å². The van der Waals surface area contributed by atoms with E-state index >= 15 is 0 Å². The highest BCUT2D eigenvalue weighted by Gasteiger charge is 2.29. The van der Waals surface area contributed by atoms with Gasteiger partial charge in [0.15, 0.2) is 0 Å². The second kappa shape index (κ2) is 7.64. The summed E-state index contributed by atoms with van der Waals surface area (Å²) in [6.45, 7) is 3.80. The zero-order valence-electron chi connectivity index (χ0n) is 13.4. The lowest BCUT2D eigenvalue weighted by atomic mass is 9.85. The highest BCUT2D eigenvalue weighted by Crippen LogP contribution is 2.28. The first-order chi connectivity index (χ1) is 11.2. The highest BCUT2D eigenvalue weighted by atomic mass is 16.5. The minimum Gasteiger partial charge on any atom is -0.493 e. The summed E-state index contributed by atoms with van der Waals surface area (Å²) in [4.78, 5) is 18.9. The lowest BCUT2D eigenvalue weighted by Gasteiger charge is -2.41. The van der Waals surface area contributed by atoms with E-state index in [-0.39, 0.29) is 0 Å². The molecule has 0 radical (unpaired) electrons. The molecule has 126 valence electrons. The van der Waals surface area contributed by atoms with Crippen molar-refractivity contribution in [2.45, 2.75) is 31.7 Å². The highest BCUT2D eigenvalue weighted by molar-refractivity contribution is 5.65. The number of piperazine rings is 1. The standard InChI is InChI=1S/C17H25N3O3/c21-17(22)20-11-9-19(10-12-20)15-3-1-14(2-4-15)13-23-16-5-7-18-8-6-16/h5-8,14-15H,1-4,9-13H2,(H,21,22). The van der Waals surface area contributed by atoms with Crippen LogP contribution in [0.15, 0.2) is 24.5 Å². The molecule has 1 saturated heterocycles. The predicted molar refractivity (Wildman–Crippen MR) is 86.6 cm³/mol. The summed E-state index contributed by atoms with van der Waals surface area (Å²) >= 11 is 0. The largest absolute Gasteiger partial charge is 0.493 e. The molecule has 1 N–H and O–H groups in total. The molecular formula is C17H25N3O3. The molecule has 0 bridgehead atoms. The monoisotopic (exact) mass is 319 g/mol. The molecular weight excluding hydrogens is 294 g/mol. The van der Waals surface area contributed by atoms with Crippen LogP contribution < -0.4 is 4.74 Å². The lowest BCUT2D eigenvalue weighted by Crippen LogP contribution is -2.52. The maximum Gasteiger partial charge on any atom is 0.407 e. The second-order valence-corrected chi connectivity index (χ2v) is 6.47. The van der Waals surface area contributed by atoms with E-state index in [1.54, 1.807) is 12.4 Å². The van der Waals surface area contributed by atoms with Crippen molar-refractivity contribution >= 4 is 6.09 Å². The van der Waals surface area contributed by atoms with Gasteiger partial charge in [0.25, 0.3) is 0 Å². The van der Waals surface area contributed by atoms with Crippen LogP contribution in [0.2, 0.25) is 0 Å². The summed E-state index contributed by atoms with van der Waals surface area (Å²) < 4.78 is 5.84. The molecule has 1 saturated carbocycles. The molecule has 2 aliphatic rings. The fourth-order valence-electron chi connectivity index (χ4n) is 3.60. The zero-order chi connectivity index (χ0) is 16.1. The summed E-state index contributed by atoms with van der Waals surface area (Å²) in [5.74, 6) is 1.52. The number of rotatable bonds is 4. The van der Waals surface area contributed by atoms with Gasteiger partial charge in [-0.3, -0.25) is 9.88 Å². The molecule has 0 aromatic carbocycles. The van der Waals surface area contributed by atoms with Crippen LogP contribution in [0, 0.1) is 5.92 Å². The Bertz CT molecular complexity index is 495. The molecule has 0 unspecified atom stereocenters. The van der Waals surface area contributed by atoms with Gasteiger partial charge in [-0.2, -0.15) is 0 Å². The van der Waals surface area contributed by atoms with Crippen LogP contribution in [-0.4, -0.2) is 64.8 Å². The first-order valence-corrected chi connectivity index (χ1v) is 8.47. The topological polar surface area (TPSA) is 65.9 Å². The molecule has 1 amide bonds. The number of pyridine rings is 1. The summed E-state index contributed by atoms with van der Waals surface area (Å²) in [6, 6.07) is 4.41. The smallest absolute Gasteiger partial charge is 0.407 e. The number of ether oxygens (including phenoxy) is 1. The molecule has 1 aliphatic carbocycles. The molecule has 3 rings (SSSR count). The normalized spacial score (nSPS) is 26.0. The van der Waals surface area contributed by atoms with Gasteiger partial charge in [0, 0.05) is 44.6 Å². The van der Waals surface area contributed by atoms with Crippen molar-refractivity contribution in [1.29, 1.82) is 0 Å². The Morgan fingerprint density at radius 3 is 2.39 bits per heavy atom. The first kappa shape index (κ1) is 16.1. The van der Waals surface area contributed by atoms with Gasteiger partial charge in [0.2, 0.25) is 0 Å². The van der Waals surface area contributed by atoms with Crippen LogP contribution in [0.3, 0.4) is 0 Å². The predicted octanol–water partition coefficient (Wildman–Crippen LogP) is 2.31. The number of hydrogen-bond donors (Lipinski definition) is 1. The second-order valence-electron chi connectivity index (χ2n) is 6.47. The minimum absolute atomic E-state index is 0.614. The summed E-state index contributed by atoms with van der Waals surface area (Å²) in [7, 11) is 0. The molecule has 6 nitrogen and oxygen atoms in total. The summed E-state index contributed by atoms with van der Waals surface area (Å²) in [6.07, 6.45) is 7.48. The molecule has 23 heavy (non-hydrogen) atoms. The molecule has 2 fully saturated rings. The Kier molecular flexibility index (Phi) is 5.33. The van der Waals surface area contributed by atoms with Crippen LogP contribution in [0.4, 0.5) is 4.79 Å². The Labute approximate surface area is 137 Å². The average molecular weight is 319 g/mol. The third-order valence-corrected chi connectivity index (χ3v) is 5.05. The van der Waals surface area contributed by atoms with E-state index in [2.05, 4.69) is 9.88 Å². The van der Waals surface area contributed by atoms with Gasteiger partial charge in [-0.1, -0.05) is 0 Å². The summed E-state index contributed by atoms with van der Waals surface area (Å²) in [5, 5.41) is 9.01. The van der Waals surface area contributed by atoms with Gasteiger partial charge in [-0.15, -0.1) is 0 Å². The maximum atomic E-state index is 11.0. The quantitative estimate of drug-likeness (QED) is 0.922. The molecule has 6 heteroatoms. The van der Waals surface area contributed by atoms with Crippen LogP contribution in [0.25, 0.3) is 0 Å². The molecule has 2 heterocycles. The van der Waals surface area contributed by atoms with Crippen molar-refractivity contribution in [3.63, 3.8) is 0 Å². The van der Waals surface area contributed by atoms with E-state index in [9.17, 15) is 4.79 Å². The Morgan fingerprint density at radius 2 is 1.78 bits per heavy atom. The van der Waals surface area contributed by atoms with Crippen LogP contribution in [-0.2, 0) is 0 Å². The number of nitrogens with zero attached hydrogens (tertiary/aromatic N) is 3. The van der Waals surface area contributed by atoms with Crippen molar-refractivity contribution < 1.29 is 14.6 Å². The van der Waals surface area contributed by atoms with Crippen LogP contribution in [0.5, 0.6) is 5.75 Å². The van der Waals surface area contributed by atoms with E-state index < -0.39 is 6.09 Å². The summed E-state index contributed by atoms with van der Waals surface area (Å²) in [5.41, 5.74) is 0. The number of carboxylic acid groups (broad SMARTS) is 1. The van der Waals surface area contributed by atoms with E-state index in [0.717, 1.165) is 25.4 Å². The fourth-order valence-corrected chi connectivity index (χ4v) is 3.60. The molecule has 1 aromatic rings. The van der Waals surface area contributed by atoms with Gasteiger partial charge in [0.1, 0.15) is 5.75 Å². The minimum atomic E-state index is -0.790. The Balaban J connectivity index is 1.38. The average Bonchev–Trinajstić information content (AvgIpc) is 2.61. The number of hydrogen-bond acceptors (Lipinski definition) is 4. The zero-order valence-corrected chi connectivity index (χ0v) is 13.4. The van der Waals surface area contributed by atoms with Gasteiger partial charge in [0.05, 0.1) is 6.61 Å². The molecule has 0 atom stereocenters. The van der Waals surface area contributed by atoms with Crippen molar-refractivity contribution in [1.82, 2.24) is 14.8 Å². The Hall–Kier alpha value is -1.82. The van der Waals surface area contributed by atoms with Gasteiger partial charge < -0.3 is 14.7 Å². The van der Waals surface area contributed by atoms with Crippen molar-refractivity contribution in [2.24, 2.45) is 5.92 Å². The third kappa shape index (κ3) is 4.34. The van der Waals surface area contributed by atoms with Crippen LogP contribution >= 0.6 is 0 Å². The third-order valence-electron chi connectivity index (χ3n) is 5.05. The number of amides is 1. The van der Waals surface area contributed by atoms with Gasteiger partial charge in [-0.05, 0) is 43.7 Å². The molecule has 1 aliphatic heterocycles. The van der Waals surface area contributed by atoms with Crippen molar-refractivity contribution in [3.8, 4) is 5.75 Å². The SMILES string of the molecule is O=C(O)N1CCN(C2CCC(COc3ccncc3)CC2)CC1. The maximum absolute atomic E-state index is 11.0. The number of carbonyl (C=O) groups is 1. The molecule has 1 aromatic heterocycles. The lowest BCUT2D eigenvalue weighted by molar-refractivity contribution is 0.0619.